The van der Waals surface area contributed by atoms with E-state index in [0.29, 0.717) is 30.2 Å². The van der Waals surface area contributed by atoms with Crippen LogP contribution in [0.4, 0.5) is 11.5 Å². The number of pyridine rings is 1. The van der Waals surface area contributed by atoms with E-state index >= 15 is 0 Å². The van der Waals surface area contributed by atoms with Gasteiger partial charge in [0.15, 0.2) is 0 Å². The third-order valence-electron chi connectivity index (χ3n) is 3.28. The first-order valence-electron chi connectivity index (χ1n) is 7.38. The summed E-state index contributed by atoms with van der Waals surface area (Å²) in [5, 5.41) is 6.10. The number of hydrogen-bond donors (Lipinski definition) is 3. The van der Waals surface area contributed by atoms with Crippen LogP contribution in [0.15, 0.2) is 36.4 Å². The van der Waals surface area contributed by atoms with E-state index in [1.54, 1.807) is 0 Å². The van der Waals surface area contributed by atoms with Crippen molar-refractivity contribution in [1.82, 2.24) is 10.3 Å². The fourth-order valence-electron chi connectivity index (χ4n) is 2.09. The highest BCUT2D eigenvalue weighted by Crippen LogP contribution is 2.14. The van der Waals surface area contributed by atoms with E-state index in [4.69, 9.17) is 5.73 Å². The predicted octanol–water partition coefficient (Wildman–Crippen LogP) is 2.51. The van der Waals surface area contributed by atoms with Crippen molar-refractivity contribution >= 4 is 17.4 Å². The van der Waals surface area contributed by atoms with Gasteiger partial charge >= 0.3 is 0 Å². The van der Waals surface area contributed by atoms with Crippen LogP contribution in [0.5, 0.6) is 0 Å². The van der Waals surface area contributed by atoms with Gasteiger partial charge in [-0.2, -0.15) is 0 Å². The minimum Gasteiger partial charge on any atom is -0.396 e. The van der Waals surface area contributed by atoms with Crippen LogP contribution in [-0.4, -0.2) is 24.0 Å². The molecule has 0 atom stereocenters. The lowest BCUT2D eigenvalue weighted by molar-refractivity contribution is 0.0953. The fraction of sp³-hybridized carbons (Fsp3) is 0.294. The van der Waals surface area contributed by atoms with E-state index in [0.717, 1.165) is 17.7 Å². The minimum absolute atomic E-state index is 0.0445. The maximum atomic E-state index is 12.0. The Morgan fingerprint density at radius 2 is 2.00 bits per heavy atom. The summed E-state index contributed by atoms with van der Waals surface area (Å²) in [5.41, 5.74) is 9.17. The normalized spacial score (nSPS) is 10.3. The molecule has 116 valence electrons. The van der Waals surface area contributed by atoms with Crippen LogP contribution < -0.4 is 16.4 Å². The Morgan fingerprint density at radius 1 is 1.18 bits per heavy atom. The third-order valence-corrected chi connectivity index (χ3v) is 3.28. The number of nitrogens with zero attached hydrogens (tertiary/aromatic N) is 1. The third kappa shape index (κ3) is 4.48. The second-order valence-corrected chi connectivity index (χ2v) is 5.30. The topological polar surface area (TPSA) is 80.0 Å². The summed E-state index contributed by atoms with van der Waals surface area (Å²) in [6.07, 6.45) is 0.798. The highest BCUT2D eigenvalue weighted by atomic mass is 16.1. The van der Waals surface area contributed by atoms with Crippen molar-refractivity contribution in [3.8, 4) is 0 Å². The maximum absolute atomic E-state index is 12.0. The van der Waals surface area contributed by atoms with Crippen LogP contribution in [0.2, 0.25) is 0 Å². The van der Waals surface area contributed by atoms with Gasteiger partial charge in [0.25, 0.3) is 5.91 Å². The van der Waals surface area contributed by atoms with Crippen molar-refractivity contribution in [1.29, 1.82) is 0 Å². The molecule has 0 unspecified atom stereocenters. The van der Waals surface area contributed by atoms with E-state index < -0.39 is 0 Å². The average molecular weight is 298 g/mol. The van der Waals surface area contributed by atoms with Crippen molar-refractivity contribution in [3.05, 3.63) is 53.2 Å². The molecule has 0 aliphatic rings. The van der Waals surface area contributed by atoms with E-state index in [1.807, 2.05) is 50.2 Å². The molecule has 0 bridgehead atoms. The molecular formula is C17H22N4O. The number of nitrogens with two attached hydrogens (primary N) is 1. The summed E-state index contributed by atoms with van der Waals surface area (Å²) >= 11 is 0. The number of aromatic nitrogens is 1. The molecule has 0 aliphatic heterocycles. The minimum atomic E-state index is -0.0445. The Morgan fingerprint density at radius 3 is 2.77 bits per heavy atom. The lowest BCUT2D eigenvalue weighted by Crippen LogP contribution is -2.26. The number of benzene rings is 1. The number of carbonyl (C=O) groups is 1. The average Bonchev–Trinajstić information content (AvgIpc) is 2.50. The number of hydrogen-bond acceptors (Lipinski definition) is 4. The molecule has 0 spiro atoms. The second-order valence-electron chi connectivity index (χ2n) is 5.30. The van der Waals surface area contributed by atoms with Gasteiger partial charge < -0.3 is 16.4 Å². The Labute approximate surface area is 130 Å². The molecule has 5 heteroatoms. The number of rotatable bonds is 6. The van der Waals surface area contributed by atoms with Crippen LogP contribution in [0.1, 0.15) is 28.0 Å². The van der Waals surface area contributed by atoms with Crippen molar-refractivity contribution in [2.45, 2.75) is 20.3 Å². The number of aryl methyl sites for hydroxylation is 2. The summed E-state index contributed by atoms with van der Waals surface area (Å²) in [6, 6.07) is 11.3. The van der Waals surface area contributed by atoms with Gasteiger partial charge in [-0.25, -0.2) is 4.98 Å². The summed E-state index contributed by atoms with van der Waals surface area (Å²) in [6.45, 7) is 5.20. The number of nitrogen functional groups attached to an aromatic ring is 1. The van der Waals surface area contributed by atoms with Gasteiger partial charge in [0.05, 0.1) is 5.69 Å². The molecule has 0 saturated carbocycles. The van der Waals surface area contributed by atoms with E-state index in [-0.39, 0.29) is 5.91 Å². The molecule has 5 nitrogen and oxygen atoms in total. The first-order valence-corrected chi connectivity index (χ1v) is 7.38. The van der Waals surface area contributed by atoms with Gasteiger partial charge in [-0.3, -0.25) is 4.79 Å². The SMILES string of the molecule is Cc1cccc(C(=O)NCCCNc2nc(C)ccc2N)c1. The molecule has 2 rings (SSSR count). The van der Waals surface area contributed by atoms with Gasteiger partial charge in [0.2, 0.25) is 0 Å². The fourth-order valence-corrected chi connectivity index (χ4v) is 2.09. The van der Waals surface area contributed by atoms with Crippen LogP contribution >= 0.6 is 0 Å². The molecule has 1 heterocycles. The Hall–Kier alpha value is -2.56. The number of carbonyl (C=O) groups excluding carboxylic acids is 1. The van der Waals surface area contributed by atoms with Gasteiger partial charge in [-0.05, 0) is 44.5 Å². The summed E-state index contributed by atoms with van der Waals surface area (Å²) in [5.74, 6) is 0.655. The van der Waals surface area contributed by atoms with Crippen molar-refractivity contribution in [2.75, 3.05) is 24.1 Å². The highest BCUT2D eigenvalue weighted by molar-refractivity contribution is 5.94. The van der Waals surface area contributed by atoms with Gasteiger partial charge in [0, 0.05) is 24.3 Å². The van der Waals surface area contributed by atoms with Crippen LogP contribution in [0, 0.1) is 13.8 Å². The zero-order chi connectivity index (χ0) is 15.9. The predicted molar refractivity (Wildman–Crippen MR) is 90.0 cm³/mol. The number of anilines is 2. The van der Waals surface area contributed by atoms with Crippen molar-refractivity contribution < 1.29 is 4.79 Å². The largest absolute Gasteiger partial charge is 0.396 e. The van der Waals surface area contributed by atoms with Crippen LogP contribution in [0.3, 0.4) is 0 Å². The number of nitrogens with one attached hydrogen (secondary N) is 2. The molecule has 0 radical (unpaired) electrons. The van der Waals surface area contributed by atoms with E-state index in [1.165, 1.54) is 0 Å². The molecule has 0 saturated heterocycles. The van der Waals surface area contributed by atoms with Crippen molar-refractivity contribution in [3.63, 3.8) is 0 Å². The highest BCUT2D eigenvalue weighted by Gasteiger charge is 2.04. The van der Waals surface area contributed by atoms with Gasteiger partial charge in [-0.1, -0.05) is 17.7 Å². The van der Waals surface area contributed by atoms with Crippen LogP contribution in [-0.2, 0) is 0 Å². The van der Waals surface area contributed by atoms with E-state index in [9.17, 15) is 4.79 Å². The van der Waals surface area contributed by atoms with Gasteiger partial charge in [0.1, 0.15) is 5.82 Å². The molecule has 4 N–H and O–H groups in total. The maximum Gasteiger partial charge on any atom is 0.251 e. The lowest BCUT2D eigenvalue weighted by atomic mass is 10.1. The molecule has 2 aromatic rings. The van der Waals surface area contributed by atoms with Gasteiger partial charge in [-0.15, -0.1) is 0 Å². The second kappa shape index (κ2) is 7.45. The molecular weight excluding hydrogens is 276 g/mol. The zero-order valence-corrected chi connectivity index (χ0v) is 13.0. The standard InChI is InChI=1S/C17H22N4O/c1-12-5-3-6-14(11-12)17(22)20-10-4-9-19-16-15(18)8-7-13(2)21-16/h3,5-8,11H,4,9-10,18H2,1-2H3,(H,19,21)(H,20,22). The molecule has 0 fully saturated rings. The monoisotopic (exact) mass is 298 g/mol. The molecule has 1 aromatic heterocycles. The smallest absolute Gasteiger partial charge is 0.251 e. The molecule has 22 heavy (non-hydrogen) atoms. The quantitative estimate of drug-likeness (QED) is 0.716. The summed E-state index contributed by atoms with van der Waals surface area (Å²) in [7, 11) is 0. The Bertz CT molecular complexity index is 655. The first kappa shape index (κ1) is 15.8. The summed E-state index contributed by atoms with van der Waals surface area (Å²) in [4.78, 5) is 16.3. The van der Waals surface area contributed by atoms with Crippen LogP contribution in [0.25, 0.3) is 0 Å². The molecule has 0 aliphatic carbocycles. The lowest BCUT2D eigenvalue weighted by Gasteiger charge is -2.10. The van der Waals surface area contributed by atoms with E-state index in [2.05, 4.69) is 15.6 Å². The molecule has 1 aromatic carbocycles. The molecule has 1 amide bonds. The summed E-state index contributed by atoms with van der Waals surface area (Å²) < 4.78 is 0. The zero-order valence-electron chi connectivity index (χ0n) is 13.0. The van der Waals surface area contributed by atoms with Crippen molar-refractivity contribution in [2.24, 2.45) is 0 Å². The number of amides is 1. The Kier molecular flexibility index (Phi) is 5.36. The first-order chi connectivity index (χ1) is 10.6. The Balaban J connectivity index is 1.73.